The molecule has 0 aliphatic carbocycles. The number of hydrogen-bond acceptors (Lipinski definition) is 3. The van der Waals surface area contributed by atoms with Crippen molar-refractivity contribution >= 4 is 11.5 Å². The van der Waals surface area contributed by atoms with E-state index in [1.54, 1.807) is 12.1 Å². The molecule has 1 aromatic carbocycles. The van der Waals surface area contributed by atoms with Crippen molar-refractivity contribution in [1.29, 1.82) is 0 Å². The molecule has 0 aliphatic rings. The number of ketones is 1. The third-order valence-corrected chi connectivity index (χ3v) is 4.40. The van der Waals surface area contributed by atoms with Gasteiger partial charge in [0.1, 0.15) is 5.75 Å². The molecule has 0 heterocycles. The molecule has 0 aliphatic heterocycles. The van der Waals surface area contributed by atoms with E-state index in [1.807, 2.05) is 0 Å². The third-order valence-electron chi connectivity index (χ3n) is 4.40. The van der Waals surface area contributed by atoms with Crippen LogP contribution in [0.2, 0.25) is 0 Å². The number of anilines is 1. The van der Waals surface area contributed by atoms with E-state index in [4.69, 9.17) is 5.73 Å². The molecule has 3 N–H and O–H groups in total. The summed E-state index contributed by atoms with van der Waals surface area (Å²) in [4.78, 5) is 12.1. The molecule has 0 radical (unpaired) electrons. The van der Waals surface area contributed by atoms with E-state index in [0.29, 0.717) is 12.0 Å². The molecule has 0 amide bonds. The van der Waals surface area contributed by atoms with Gasteiger partial charge in [0.2, 0.25) is 0 Å². The minimum absolute atomic E-state index is 0.0285. The Hall–Kier alpha value is -2.29. The predicted octanol–water partition coefficient (Wildman–Crippen LogP) is 6.75. The fraction of sp³-hybridized carbons (Fsp3) is 0.458. The van der Waals surface area contributed by atoms with Gasteiger partial charge >= 0.3 is 0 Å². The number of Topliss-reactive ketones (excluding diaryl/α,β-unsaturated/α-hetero) is 1. The van der Waals surface area contributed by atoms with Crippen LogP contribution in [0.3, 0.4) is 0 Å². The van der Waals surface area contributed by atoms with Gasteiger partial charge in [-0.1, -0.05) is 62.6 Å². The summed E-state index contributed by atoms with van der Waals surface area (Å²) in [6.07, 6.45) is 23.8. The number of carbonyl (C=O) groups is 1. The van der Waals surface area contributed by atoms with Gasteiger partial charge in [-0.2, -0.15) is 0 Å². The molecule has 0 spiro atoms. The Morgan fingerprint density at radius 1 is 0.926 bits per heavy atom. The minimum Gasteiger partial charge on any atom is -0.506 e. The van der Waals surface area contributed by atoms with E-state index < -0.39 is 0 Å². The van der Waals surface area contributed by atoms with E-state index in [-0.39, 0.29) is 17.2 Å². The smallest absolute Gasteiger partial charge is 0.162 e. The van der Waals surface area contributed by atoms with Crippen molar-refractivity contribution in [2.24, 2.45) is 0 Å². The predicted molar refractivity (Wildman–Crippen MR) is 116 cm³/mol. The van der Waals surface area contributed by atoms with Gasteiger partial charge in [-0.05, 0) is 56.7 Å². The zero-order valence-corrected chi connectivity index (χ0v) is 16.7. The Kier molecular flexibility index (Phi) is 12.5. The molecule has 0 unspecified atom stereocenters. The number of unbranched alkanes of at least 4 members (excludes halogenated alkanes) is 5. The second kappa shape index (κ2) is 14.8. The first kappa shape index (κ1) is 22.8. The van der Waals surface area contributed by atoms with Crippen LogP contribution in [-0.4, -0.2) is 10.9 Å². The van der Waals surface area contributed by atoms with Crippen LogP contribution in [0.1, 0.15) is 81.5 Å². The molecule has 27 heavy (non-hydrogen) atoms. The summed E-state index contributed by atoms with van der Waals surface area (Å²) in [5, 5.41) is 9.40. The summed E-state index contributed by atoms with van der Waals surface area (Å²) in [6.45, 7) is 2.15. The van der Waals surface area contributed by atoms with Crippen LogP contribution in [0.25, 0.3) is 0 Å². The van der Waals surface area contributed by atoms with Crippen LogP contribution >= 0.6 is 0 Å². The van der Waals surface area contributed by atoms with E-state index in [1.165, 1.54) is 25.3 Å². The molecule has 0 aromatic heterocycles. The Morgan fingerprint density at radius 3 is 2.26 bits per heavy atom. The number of benzene rings is 1. The lowest BCUT2D eigenvalue weighted by atomic mass is 10.0. The second-order valence-corrected chi connectivity index (χ2v) is 6.80. The average Bonchev–Trinajstić information content (AvgIpc) is 2.66. The zero-order valence-electron chi connectivity index (χ0n) is 16.7. The molecular weight excluding hydrogens is 334 g/mol. The number of nitrogens with two attached hydrogens (primary N) is 1. The number of hydrogen-bond donors (Lipinski definition) is 2. The Labute approximate surface area is 164 Å². The van der Waals surface area contributed by atoms with Gasteiger partial charge in [-0.15, -0.1) is 0 Å². The van der Waals surface area contributed by atoms with Crippen LogP contribution in [0, 0.1) is 0 Å². The maximum absolute atomic E-state index is 12.1. The largest absolute Gasteiger partial charge is 0.506 e. The van der Waals surface area contributed by atoms with Crippen molar-refractivity contribution < 1.29 is 9.90 Å². The monoisotopic (exact) mass is 369 g/mol. The maximum atomic E-state index is 12.1. The standard InChI is InChI=1S/C24H35NO2/c1-2-3-4-5-6-7-8-9-10-11-12-13-14-15-16-17-23(26)21-18-19-24(27)22(25)20-21/h3-4,6-7,9-10,18-20,27H,2,5,8,11-17,25H2,1H3/b4-3-,7-6-,10-9-. The van der Waals surface area contributed by atoms with Crippen molar-refractivity contribution in [3.63, 3.8) is 0 Å². The topological polar surface area (TPSA) is 63.3 Å². The lowest BCUT2D eigenvalue weighted by Gasteiger charge is -2.04. The van der Waals surface area contributed by atoms with Crippen molar-refractivity contribution in [3.8, 4) is 5.75 Å². The minimum atomic E-state index is 0.0285. The second-order valence-electron chi connectivity index (χ2n) is 6.80. The van der Waals surface area contributed by atoms with Crippen LogP contribution in [0.4, 0.5) is 5.69 Å². The van der Waals surface area contributed by atoms with Crippen LogP contribution in [-0.2, 0) is 0 Å². The van der Waals surface area contributed by atoms with Crippen molar-refractivity contribution in [2.45, 2.75) is 71.1 Å². The molecule has 3 heteroatoms. The molecular formula is C24H35NO2. The Balaban J connectivity index is 1.99. The number of carbonyl (C=O) groups excluding carboxylic acids is 1. The molecule has 148 valence electrons. The van der Waals surface area contributed by atoms with Crippen LogP contribution < -0.4 is 5.73 Å². The van der Waals surface area contributed by atoms with Gasteiger partial charge in [0, 0.05) is 12.0 Å². The van der Waals surface area contributed by atoms with Gasteiger partial charge in [0.15, 0.2) is 5.78 Å². The highest BCUT2D eigenvalue weighted by molar-refractivity contribution is 5.97. The quantitative estimate of drug-likeness (QED) is 0.125. The molecule has 3 nitrogen and oxygen atoms in total. The van der Waals surface area contributed by atoms with E-state index in [9.17, 15) is 9.90 Å². The highest BCUT2D eigenvalue weighted by atomic mass is 16.3. The molecule has 0 bridgehead atoms. The molecule has 1 rings (SSSR count). The summed E-state index contributed by atoms with van der Waals surface area (Å²) < 4.78 is 0. The Morgan fingerprint density at radius 2 is 1.56 bits per heavy atom. The SMILES string of the molecule is CC/C=C\C/C=C\C/C=C\CCCCCCCC(=O)c1ccc(O)c(N)c1. The number of phenolic OH excluding ortho intramolecular Hbond substituents is 1. The van der Waals surface area contributed by atoms with Gasteiger partial charge in [0.25, 0.3) is 0 Å². The summed E-state index contributed by atoms with van der Waals surface area (Å²) >= 11 is 0. The Bertz CT molecular complexity index is 629. The molecule has 1 aromatic rings. The fourth-order valence-electron chi connectivity index (χ4n) is 2.78. The number of aromatic hydroxyl groups is 1. The molecule has 0 saturated heterocycles. The van der Waals surface area contributed by atoms with Crippen LogP contribution in [0.5, 0.6) is 5.75 Å². The molecule has 0 atom stereocenters. The zero-order chi connectivity index (χ0) is 19.7. The van der Waals surface area contributed by atoms with E-state index in [2.05, 4.69) is 43.4 Å². The maximum Gasteiger partial charge on any atom is 0.162 e. The van der Waals surface area contributed by atoms with E-state index >= 15 is 0 Å². The first-order valence-electron chi connectivity index (χ1n) is 10.2. The normalized spacial score (nSPS) is 11.9. The highest BCUT2D eigenvalue weighted by Crippen LogP contribution is 2.21. The summed E-state index contributed by atoms with van der Waals surface area (Å²) in [5.74, 6) is 0.128. The number of nitrogen functional groups attached to an aromatic ring is 1. The van der Waals surface area contributed by atoms with Crippen molar-refractivity contribution in [1.82, 2.24) is 0 Å². The summed E-state index contributed by atoms with van der Waals surface area (Å²) in [6, 6.07) is 4.67. The first-order chi connectivity index (χ1) is 13.1. The number of allylic oxidation sites excluding steroid dienone is 6. The van der Waals surface area contributed by atoms with Gasteiger partial charge < -0.3 is 10.8 Å². The lowest BCUT2D eigenvalue weighted by Crippen LogP contribution is -2.00. The van der Waals surface area contributed by atoms with Crippen molar-refractivity contribution in [3.05, 3.63) is 60.2 Å². The average molecular weight is 370 g/mol. The number of phenols is 1. The molecule has 0 saturated carbocycles. The van der Waals surface area contributed by atoms with Gasteiger partial charge in [0.05, 0.1) is 5.69 Å². The third kappa shape index (κ3) is 11.1. The summed E-state index contributed by atoms with van der Waals surface area (Å²) in [5.41, 5.74) is 6.48. The van der Waals surface area contributed by atoms with Gasteiger partial charge in [-0.25, -0.2) is 0 Å². The van der Waals surface area contributed by atoms with E-state index in [0.717, 1.165) is 38.5 Å². The first-order valence-corrected chi connectivity index (χ1v) is 10.2. The summed E-state index contributed by atoms with van der Waals surface area (Å²) in [7, 11) is 0. The molecule has 0 fully saturated rings. The number of rotatable bonds is 14. The fourth-order valence-corrected chi connectivity index (χ4v) is 2.78. The van der Waals surface area contributed by atoms with Crippen molar-refractivity contribution in [2.75, 3.05) is 5.73 Å². The van der Waals surface area contributed by atoms with Crippen LogP contribution in [0.15, 0.2) is 54.7 Å². The lowest BCUT2D eigenvalue weighted by molar-refractivity contribution is 0.0979. The van der Waals surface area contributed by atoms with Gasteiger partial charge in [-0.3, -0.25) is 4.79 Å². The highest BCUT2D eigenvalue weighted by Gasteiger charge is 2.07.